The predicted molar refractivity (Wildman–Crippen MR) is 51.7 cm³/mol. The van der Waals surface area contributed by atoms with Crippen molar-refractivity contribution in [3.8, 4) is 0 Å². The van der Waals surface area contributed by atoms with Crippen molar-refractivity contribution in [2.75, 3.05) is 6.61 Å². The molecule has 1 N–H and O–H groups in total. The second kappa shape index (κ2) is 3.27. The molecular formula is C10H10F2N2O. The quantitative estimate of drug-likeness (QED) is 0.822. The van der Waals surface area contributed by atoms with Gasteiger partial charge in [0, 0.05) is 12.4 Å². The Kier molecular flexibility index (Phi) is 2.19. The Morgan fingerprint density at radius 1 is 1.40 bits per heavy atom. The van der Waals surface area contributed by atoms with Crippen LogP contribution in [0, 0.1) is 0 Å². The summed E-state index contributed by atoms with van der Waals surface area (Å²) in [6.07, 6.45) is 0. The van der Waals surface area contributed by atoms with E-state index in [1.54, 1.807) is 24.3 Å². The van der Waals surface area contributed by atoms with Gasteiger partial charge in [0.2, 0.25) is 0 Å². The average Bonchev–Trinajstić information content (AvgIpc) is 2.54. The Morgan fingerprint density at radius 3 is 2.73 bits per heavy atom. The van der Waals surface area contributed by atoms with Gasteiger partial charge in [-0.15, -0.1) is 0 Å². The smallest absolute Gasteiger partial charge is 0.312 e. The van der Waals surface area contributed by atoms with Gasteiger partial charge in [-0.05, 0) is 6.07 Å². The maximum absolute atomic E-state index is 13.4. The van der Waals surface area contributed by atoms with Crippen LogP contribution >= 0.6 is 0 Å². The maximum Gasteiger partial charge on any atom is 0.312 e. The molecular weight excluding hydrogens is 202 g/mol. The Morgan fingerprint density at radius 2 is 2.07 bits per heavy atom. The van der Waals surface area contributed by atoms with Gasteiger partial charge in [-0.25, -0.2) is 0 Å². The first-order valence-corrected chi connectivity index (χ1v) is 4.47. The molecule has 0 radical (unpaired) electrons. The molecule has 3 nitrogen and oxygen atoms in total. The third-order valence-electron chi connectivity index (χ3n) is 2.29. The number of hydrogen-bond donors (Lipinski definition) is 1. The highest BCUT2D eigenvalue weighted by atomic mass is 19.3. The van der Waals surface area contributed by atoms with Gasteiger partial charge in [0.05, 0.1) is 5.52 Å². The van der Waals surface area contributed by atoms with Crippen LogP contribution in [-0.2, 0) is 13.0 Å². The molecule has 1 heterocycles. The summed E-state index contributed by atoms with van der Waals surface area (Å²) >= 11 is 0. The minimum atomic E-state index is -3.26. The first-order valence-electron chi connectivity index (χ1n) is 4.47. The van der Waals surface area contributed by atoms with E-state index in [4.69, 9.17) is 5.11 Å². The number of aliphatic hydroxyl groups excluding tert-OH is 1. The third-order valence-corrected chi connectivity index (χ3v) is 2.29. The molecule has 2 aromatic rings. The molecule has 5 heteroatoms. The van der Waals surface area contributed by atoms with E-state index in [9.17, 15) is 8.78 Å². The fourth-order valence-electron chi connectivity index (χ4n) is 1.66. The molecule has 0 atom stereocenters. The number of aryl methyl sites for hydroxylation is 1. The number of hydrogen-bond acceptors (Lipinski definition) is 2. The predicted octanol–water partition coefficient (Wildman–Crippen LogP) is 1.66. The van der Waals surface area contributed by atoms with Crippen LogP contribution in [0.4, 0.5) is 8.78 Å². The van der Waals surface area contributed by atoms with E-state index in [2.05, 4.69) is 5.10 Å². The lowest BCUT2D eigenvalue weighted by atomic mass is 10.1. The fourth-order valence-corrected chi connectivity index (χ4v) is 1.66. The van der Waals surface area contributed by atoms with Gasteiger partial charge in [-0.2, -0.15) is 13.9 Å². The average molecular weight is 212 g/mol. The molecule has 0 amide bonds. The van der Waals surface area contributed by atoms with E-state index < -0.39 is 12.5 Å². The summed E-state index contributed by atoms with van der Waals surface area (Å²) < 4.78 is 27.9. The van der Waals surface area contributed by atoms with Crippen LogP contribution in [0.2, 0.25) is 0 Å². The van der Waals surface area contributed by atoms with Gasteiger partial charge in [-0.1, -0.05) is 18.2 Å². The largest absolute Gasteiger partial charge is 0.390 e. The van der Waals surface area contributed by atoms with Crippen molar-refractivity contribution < 1.29 is 13.9 Å². The number of alkyl halides is 2. The molecule has 1 aromatic carbocycles. The SMILES string of the molecule is Cn1nc2ccccc2c1C(F)(F)CO. The van der Waals surface area contributed by atoms with Gasteiger partial charge in [0.15, 0.2) is 0 Å². The number of fused-ring (bicyclic) bond motifs is 1. The lowest BCUT2D eigenvalue weighted by Gasteiger charge is -2.13. The Bertz CT molecular complexity index is 493. The van der Waals surface area contributed by atoms with Crippen molar-refractivity contribution in [3.05, 3.63) is 30.0 Å². The summed E-state index contributed by atoms with van der Waals surface area (Å²) in [7, 11) is 1.44. The van der Waals surface area contributed by atoms with Gasteiger partial charge < -0.3 is 5.11 Å². The lowest BCUT2D eigenvalue weighted by Crippen LogP contribution is -2.22. The van der Waals surface area contributed by atoms with Crippen LogP contribution in [-0.4, -0.2) is 21.5 Å². The number of aliphatic hydroxyl groups is 1. The number of halogens is 2. The number of nitrogens with zero attached hydrogens (tertiary/aromatic N) is 2. The van der Waals surface area contributed by atoms with Crippen molar-refractivity contribution >= 4 is 10.9 Å². The van der Waals surface area contributed by atoms with Crippen LogP contribution in [0.1, 0.15) is 5.69 Å². The first kappa shape index (κ1) is 10.0. The summed E-state index contributed by atoms with van der Waals surface area (Å²) in [6.45, 7) is -1.21. The zero-order valence-corrected chi connectivity index (χ0v) is 8.11. The zero-order chi connectivity index (χ0) is 11.1. The maximum atomic E-state index is 13.4. The van der Waals surface area contributed by atoms with Crippen LogP contribution in [0.25, 0.3) is 10.9 Å². The summed E-state index contributed by atoms with van der Waals surface area (Å²) in [5, 5.41) is 13.0. The number of benzene rings is 1. The summed E-state index contributed by atoms with van der Waals surface area (Å²) in [5.41, 5.74) is 0.253. The molecule has 15 heavy (non-hydrogen) atoms. The molecule has 0 saturated carbocycles. The van der Waals surface area contributed by atoms with Crippen molar-refractivity contribution in [2.45, 2.75) is 5.92 Å². The first-order chi connectivity index (χ1) is 7.06. The molecule has 0 aliphatic rings. The highest BCUT2D eigenvalue weighted by molar-refractivity contribution is 5.82. The molecule has 0 bridgehead atoms. The second-order valence-corrected chi connectivity index (χ2v) is 3.35. The standard InChI is InChI=1S/C10H10F2N2O/c1-14-9(10(11,12)6-15)7-4-2-3-5-8(7)13-14/h2-5,15H,6H2,1H3. The molecule has 1 aromatic heterocycles. The Labute approximate surface area is 84.9 Å². The topological polar surface area (TPSA) is 38.0 Å². The van der Waals surface area contributed by atoms with Crippen molar-refractivity contribution in [1.29, 1.82) is 0 Å². The van der Waals surface area contributed by atoms with Gasteiger partial charge in [0.1, 0.15) is 12.3 Å². The van der Waals surface area contributed by atoms with E-state index in [0.29, 0.717) is 10.9 Å². The monoisotopic (exact) mass is 212 g/mol. The third kappa shape index (κ3) is 1.48. The summed E-state index contributed by atoms with van der Waals surface area (Å²) in [5.74, 6) is -3.26. The molecule has 0 spiro atoms. The Balaban J connectivity index is 2.74. The molecule has 0 aliphatic carbocycles. The van der Waals surface area contributed by atoms with Gasteiger partial charge in [0.25, 0.3) is 0 Å². The van der Waals surface area contributed by atoms with Crippen LogP contribution < -0.4 is 0 Å². The molecule has 0 aliphatic heterocycles. The van der Waals surface area contributed by atoms with Crippen molar-refractivity contribution in [1.82, 2.24) is 9.78 Å². The highest BCUT2D eigenvalue weighted by Crippen LogP contribution is 2.32. The summed E-state index contributed by atoms with van der Waals surface area (Å²) in [4.78, 5) is 0. The van der Waals surface area contributed by atoms with Gasteiger partial charge in [-0.3, -0.25) is 4.68 Å². The second-order valence-electron chi connectivity index (χ2n) is 3.35. The molecule has 0 saturated heterocycles. The van der Waals surface area contributed by atoms with E-state index >= 15 is 0 Å². The Hall–Kier alpha value is -1.49. The van der Waals surface area contributed by atoms with Crippen LogP contribution in [0.15, 0.2) is 24.3 Å². The van der Waals surface area contributed by atoms with Crippen molar-refractivity contribution in [3.63, 3.8) is 0 Å². The van der Waals surface area contributed by atoms with E-state index in [0.717, 1.165) is 4.68 Å². The fraction of sp³-hybridized carbons (Fsp3) is 0.300. The van der Waals surface area contributed by atoms with Crippen LogP contribution in [0.5, 0.6) is 0 Å². The molecule has 0 fully saturated rings. The number of aromatic nitrogens is 2. The van der Waals surface area contributed by atoms with E-state index in [-0.39, 0.29) is 5.69 Å². The van der Waals surface area contributed by atoms with Gasteiger partial charge >= 0.3 is 5.92 Å². The van der Waals surface area contributed by atoms with E-state index in [1.165, 1.54) is 7.05 Å². The molecule has 0 unspecified atom stereocenters. The normalized spacial score (nSPS) is 12.3. The molecule has 80 valence electrons. The van der Waals surface area contributed by atoms with Crippen LogP contribution in [0.3, 0.4) is 0 Å². The van der Waals surface area contributed by atoms with E-state index in [1.807, 2.05) is 0 Å². The molecule has 2 rings (SSSR count). The summed E-state index contributed by atoms with van der Waals surface area (Å²) in [6, 6.07) is 6.63. The van der Waals surface area contributed by atoms with Crippen molar-refractivity contribution in [2.24, 2.45) is 7.05 Å². The minimum absolute atomic E-state index is 0.249. The highest BCUT2D eigenvalue weighted by Gasteiger charge is 2.36. The lowest BCUT2D eigenvalue weighted by molar-refractivity contribution is -0.0608. The minimum Gasteiger partial charge on any atom is -0.390 e. The number of rotatable bonds is 2. The zero-order valence-electron chi connectivity index (χ0n) is 8.11.